The molecule has 0 radical (unpaired) electrons. The average molecular weight is 415 g/mol. The molecule has 9 nitrogen and oxygen atoms in total. The number of hydrogen-bond acceptors (Lipinski definition) is 7. The zero-order valence-corrected chi connectivity index (χ0v) is 16.0. The van der Waals surface area contributed by atoms with Gasteiger partial charge in [0.2, 0.25) is 5.78 Å². The summed E-state index contributed by atoms with van der Waals surface area (Å²) in [6.45, 7) is 1.29. The maximum atomic E-state index is 12.4. The van der Waals surface area contributed by atoms with E-state index in [0.29, 0.717) is 6.42 Å². The van der Waals surface area contributed by atoms with Gasteiger partial charge in [0.05, 0.1) is 10.6 Å². The van der Waals surface area contributed by atoms with Crippen molar-refractivity contribution in [3.63, 3.8) is 0 Å². The van der Waals surface area contributed by atoms with E-state index in [1.54, 1.807) is 0 Å². The molecule has 0 aliphatic rings. The molecule has 2 aromatic heterocycles. The largest absolute Gasteiger partial charge is 0.454 e. The van der Waals surface area contributed by atoms with E-state index in [9.17, 15) is 19.2 Å². The fraction of sp³-hybridized carbons (Fsp3) is 0.312. The van der Waals surface area contributed by atoms with E-state index in [2.05, 4.69) is 4.98 Å². The number of halogens is 2. The Kier molecular flexibility index (Phi) is 6.40. The van der Waals surface area contributed by atoms with Gasteiger partial charge in [-0.25, -0.2) is 14.6 Å². The molecule has 0 saturated carbocycles. The maximum Gasteiger partial charge on any atom is 0.340 e. The van der Waals surface area contributed by atoms with Crippen LogP contribution in [0.1, 0.15) is 34.1 Å². The Labute approximate surface area is 163 Å². The van der Waals surface area contributed by atoms with Crippen LogP contribution in [-0.2, 0) is 18.3 Å². The number of carbonyl (C=O) groups excluding carboxylic acids is 2. The van der Waals surface area contributed by atoms with Crippen molar-refractivity contribution < 1.29 is 14.3 Å². The quantitative estimate of drug-likeness (QED) is 0.428. The van der Waals surface area contributed by atoms with E-state index >= 15 is 0 Å². The van der Waals surface area contributed by atoms with Gasteiger partial charge in [0.25, 0.3) is 5.56 Å². The summed E-state index contributed by atoms with van der Waals surface area (Å²) in [6, 6.07) is 1.23. The summed E-state index contributed by atoms with van der Waals surface area (Å²) in [7, 11) is 1.24. The number of nitrogens with two attached hydrogens (primary N) is 1. The number of ketones is 1. The zero-order chi connectivity index (χ0) is 20.3. The van der Waals surface area contributed by atoms with Gasteiger partial charge in [0.15, 0.2) is 6.61 Å². The molecule has 0 spiro atoms. The number of aromatic nitrogens is 3. The highest BCUT2D eigenvalue weighted by Gasteiger charge is 2.22. The van der Waals surface area contributed by atoms with Crippen LogP contribution in [-0.4, -0.2) is 32.5 Å². The first-order valence-electron chi connectivity index (χ1n) is 7.79. The fourth-order valence-electron chi connectivity index (χ4n) is 2.30. The van der Waals surface area contributed by atoms with E-state index in [-0.39, 0.29) is 28.1 Å². The smallest absolute Gasteiger partial charge is 0.340 e. The second-order valence-corrected chi connectivity index (χ2v) is 6.32. The number of ether oxygens (including phenoxy) is 1. The Morgan fingerprint density at radius 1 is 1.30 bits per heavy atom. The Morgan fingerprint density at radius 3 is 2.56 bits per heavy atom. The highest BCUT2D eigenvalue weighted by molar-refractivity contribution is 6.41. The molecule has 0 fully saturated rings. The molecular formula is C16H16Cl2N4O5. The number of rotatable bonds is 6. The van der Waals surface area contributed by atoms with Gasteiger partial charge in [-0.3, -0.25) is 18.7 Å². The predicted octanol–water partition coefficient (Wildman–Crippen LogP) is 1.28. The maximum absolute atomic E-state index is 12.4. The molecular weight excluding hydrogens is 399 g/mol. The molecule has 144 valence electrons. The lowest BCUT2D eigenvalue weighted by Crippen LogP contribution is -2.43. The predicted molar refractivity (Wildman–Crippen MR) is 99.5 cm³/mol. The number of nitrogen functional groups attached to an aromatic ring is 1. The highest BCUT2D eigenvalue weighted by atomic mass is 35.5. The number of anilines is 1. The summed E-state index contributed by atoms with van der Waals surface area (Å²) in [4.78, 5) is 52.5. The molecule has 2 heterocycles. The van der Waals surface area contributed by atoms with Gasteiger partial charge in [0, 0.05) is 19.8 Å². The van der Waals surface area contributed by atoms with Crippen molar-refractivity contribution in [3.8, 4) is 0 Å². The van der Waals surface area contributed by atoms with Gasteiger partial charge >= 0.3 is 11.7 Å². The monoisotopic (exact) mass is 414 g/mol. The molecule has 2 N–H and O–H groups in total. The average Bonchev–Trinajstić information content (AvgIpc) is 2.64. The van der Waals surface area contributed by atoms with Crippen LogP contribution in [0.25, 0.3) is 0 Å². The summed E-state index contributed by atoms with van der Waals surface area (Å²) in [6.07, 6.45) is 1.70. The van der Waals surface area contributed by atoms with Crippen molar-refractivity contribution in [2.45, 2.75) is 19.9 Å². The lowest BCUT2D eigenvalue weighted by Gasteiger charge is -2.13. The zero-order valence-electron chi connectivity index (χ0n) is 14.5. The van der Waals surface area contributed by atoms with E-state index in [1.807, 2.05) is 6.92 Å². The first-order valence-corrected chi connectivity index (χ1v) is 8.55. The minimum absolute atomic E-state index is 0.0127. The number of pyridine rings is 1. The fourth-order valence-corrected chi connectivity index (χ4v) is 2.57. The molecule has 0 aliphatic carbocycles. The van der Waals surface area contributed by atoms with Gasteiger partial charge in [-0.05, 0) is 12.5 Å². The SMILES string of the molecule is CCCn1c(N)c(C(=O)COC(=O)c2cnc(Cl)c(Cl)c2)c(=O)n(C)c1=O. The van der Waals surface area contributed by atoms with Gasteiger partial charge in [-0.15, -0.1) is 0 Å². The number of Topliss-reactive ketones (excluding diaryl/α,β-unsaturated/α-hetero) is 1. The summed E-state index contributed by atoms with van der Waals surface area (Å²) in [5, 5.41) is 0.0564. The van der Waals surface area contributed by atoms with E-state index in [1.165, 1.54) is 13.1 Å². The molecule has 11 heteroatoms. The van der Waals surface area contributed by atoms with Crippen LogP contribution in [0.5, 0.6) is 0 Å². The molecule has 27 heavy (non-hydrogen) atoms. The number of esters is 1. The molecule has 0 aromatic carbocycles. The molecule has 0 atom stereocenters. The van der Waals surface area contributed by atoms with E-state index in [0.717, 1.165) is 15.3 Å². The van der Waals surface area contributed by atoms with Crippen LogP contribution in [0.2, 0.25) is 10.2 Å². The summed E-state index contributed by atoms with van der Waals surface area (Å²) in [5.41, 5.74) is 3.92. The Balaban J connectivity index is 2.28. The van der Waals surface area contributed by atoms with Crippen molar-refractivity contribution in [2.75, 3.05) is 12.3 Å². The Hall–Kier alpha value is -2.65. The Bertz CT molecular complexity index is 1030. The van der Waals surface area contributed by atoms with Crippen molar-refractivity contribution in [2.24, 2.45) is 7.05 Å². The molecule has 0 amide bonds. The molecule has 2 aromatic rings. The van der Waals surface area contributed by atoms with Gasteiger partial charge in [-0.2, -0.15) is 0 Å². The summed E-state index contributed by atoms with van der Waals surface area (Å²) >= 11 is 11.4. The topological polar surface area (TPSA) is 126 Å². The van der Waals surface area contributed by atoms with Crippen molar-refractivity contribution in [1.29, 1.82) is 0 Å². The number of nitrogens with zero attached hydrogens (tertiary/aromatic N) is 3. The lowest BCUT2D eigenvalue weighted by atomic mass is 10.2. The molecule has 2 rings (SSSR count). The molecule has 0 unspecified atom stereocenters. The van der Waals surface area contributed by atoms with Crippen LogP contribution < -0.4 is 17.0 Å². The number of hydrogen-bond donors (Lipinski definition) is 1. The van der Waals surface area contributed by atoms with Crippen molar-refractivity contribution >= 4 is 40.8 Å². The number of carbonyl (C=O) groups is 2. The van der Waals surface area contributed by atoms with E-state index in [4.69, 9.17) is 33.7 Å². The second kappa shape index (κ2) is 8.36. The summed E-state index contributed by atoms with van der Waals surface area (Å²) in [5.74, 6) is -1.98. The third kappa shape index (κ3) is 4.20. The van der Waals surface area contributed by atoms with Crippen LogP contribution >= 0.6 is 23.2 Å². The minimum atomic E-state index is -0.883. The van der Waals surface area contributed by atoms with Crippen molar-refractivity contribution in [3.05, 3.63) is 54.4 Å². The van der Waals surface area contributed by atoms with Crippen LogP contribution in [0.15, 0.2) is 21.9 Å². The third-order valence-electron chi connectivity index (χ3n) is 3.68. The van der Waals surface area contributed by atoms with Crippen molar-refractivity contribution in [1.82, 2.24) is 14.1 Å². The third-order valence-corrected chi connectivity index (χ3v) is 4.36. The normalized spacial score (nSPS) is 10.7. The van der Waals surface area contributed by atoms with Crippen LogP contribution in [0, 0.1) is 0 Å². The highest BCUT2D eigenvalue weighted by Crippen LogP contribution is 2.20. The first-order chi connectivity index (χ1) is 12.7. The van der Waals surface area contributed by atoms with Crippen LogP contribution in [0.4, 0.5) is 5.82 Å². The molecule has 0 bridgehead atoms. The van der Waals surface area contributed by atoms with E-state index < -0.39 is 35.2 Å². The summed E-state index contributed by atoms with van der Waals surface area (Å²) < 4.78 is 6.80. The minimum Gasteiger partial charge on any atom is -0.454 e. The first kappa shape index (κ1) is 20.7. The molecule has 0 saturated heterocycles. The Morgan fingerprint density at radius 2 is 1.96 bits per heavy atom. The standard InChI is InChI=1S/C16H16Cl2N4O5/c1-3-4-22-13(19)11(14(24)21(2)16(22)26)10(23)7-27-15(25)8-5-9(17)12(18)20-6-8/h5-6H,3-4,7,19H2,1-2H3. The van der Waals surface area contributed by atoms with Gasteiger partial charge < -0.3 is 10.5 Å². The van der Waals surface area contributed by atoms with Gasteiger partial charge in [-0.1, -0.05) is 30.1 Å². The van der Waals surface area contributed by atoms with Crippen LogP contribution in [0.3, 0.4) is 0 Å². The second-order valence-electron chi connectivity index (χ2n) is 5.55. The van der Waals surface area contributed by atoms with Gasteiger partial charge in [0.1, 0.15) is 16.5 Å². The molecule has 0 aliphatic heterocycles. The lowest BCUT2D eigenvalue weighted by molar-refractivity contribution is 0.0473.